The number of hydrogen-bond donors (Lipinski definition) is 0. The van der Waals surface area contributed by atoms with Crippen LogP contribution < -0.4 is 19.1 Å². The van der Waals surface area contributed by atoms with Crippen LogP contribution >= 0.6 is 12.2 Å². The maximum atomic E-state index is 13.2. The number of likely N-dealkylation sites (N-methyl/N-ethyl adjacent to an activating group) is 1. The SMILES string of the molecule is CCOc1ccc(N2C(=O)/C(=C/c3cc4c(cc3C)OCCO4)N(C)C2=S)cc1. The van der Waals surface area contributed by atoms with Crippen molar-refractivity contribution in [2.45, 2.75) is 13.8 Å². The van der Waals surface area contributed by atoms with E-state index in [1.807, 2.05) is 56.3 Å². The molecular formula is C22H22N2O4S. The van der Waals surface area contributed by atoms with E-state index in [4.69, 9.17) is 26.4 Å². The molecule has 0 spiro atoms. The Morgan fingerprint density at radius 1 is 1.14 bits per heavy atom. The highest BCUT2D eigenvalue weighted by Gasteiger charge is 2.37. The Balaban J connectivity index is 1.67. The highest BCUT2D eigenvalue weighted by atomic mass is 32.1. The monoisotopic (exact) mass is 410 g/mol. The van der Waals surface area contributed by atoms with E-state index in [1.54, 1.807) is 11.9 Å². The molecule has 29 heavy (non-hydrogen) atoms. The minimum Gasteiger partial charge on any atom is -0.494 e. The molecule has 2 heterocycles. The number of hydrogen-bond acceptors (Lipinski definition) is 5. The summed E-state index contributed by atoms with van der Waals surface area (Å²) in [6.07, 6.45) is 1.84. The van der Waals surface area contributed by atoms with Crippen molar-refractivity contribution in [1.29, 1.82) is 0 Å². The molecule has 0 bridgehead atoms. The molecule has 0 radical (unpaired) electrons. The Kier molecular flexibility index (Phi) is 5.15. The Morgan fingerprint density at radius 3 is 2.45 bits per heavy atom. The molecule has 2 aliphatic rings. The van der Waals surface area contributed by atoms with Gasteiger partial charge in [0.1, 0.15) is 24.7 Å². The van der Waals surface area contributed by atoms with Gasteiger partial charge >= 0.3 is 0 Å². The lowest BCUT2D eigenvalue weighted by Gasteiger charge is -2.20. The van der Waals surface area contributed by atoms with Gasteiger partial charge in [0.2, 0.25) is 0 Å². The van der Waals surface area contributed by atoms with Gasteiger partial charge in [0.25, 0.3) is 5.91 Å². The predicted molar refractivity (Wildman–Crippen MR) is 116 cm³/mol. The Morgan fingerprint density at radius 2 is 1.79 bits per heavy atom. The summed E-state index contributed by atoms with van der Waals surface area (Å²) in [6.45, 7) is 5.55. The Hall–Kier alpha value is -3.06. The second-order valence-corrected chi connectivity index (χ2v) is 7.16. The van der Waals surface area contributed by atoms with Crippen molar-refractivity contribution in [3.63, 3.8) is 0 Å². The number of thiocarbonyl (C=S) groups is 1. The van der Waals surface area contributed by atoms with Crippen molar-refractivity contribution < 1.29 is 19.0 Å². The molecule has 0 aromatic heterocycles. The minimum absolute atomic E-state index is 0.170. The van der Waals surface area contributed by atoms with Crippen LogP contribution in [0.5, 0.6) is 17.2 Å². The van der Waals surface area contributed by atoms with E-state index < -0.39 is 0 Å². The van der Waals surface area contributed by atoms with E-state index in [0.717, 1.165) is 22.6 Å². The number of aryl methyl sites for hydroxylation is 1. The van der Waals surface area contributed by atoms with Crippen LogP contribution in [0, 0.1) is 6.92 Å². The van der Waals surface area contributed by atoms with Gasteiger partial charge in [0.05, 0.1) is 12.3 Å². The molecule has 2 aromatic rings. The highest BCUT2D eigenvalue weighted by molar-refractivity contribution is 7.80. The van der Waals surface area contributed by atoms with Crippen LogP contribution in [0.3, 0.4) is 0 Å². The van der Waals surface area contributed by atoms with Crippen molar-refractivity contribution in [2.24, 2.45) is 0 Å². The van der Waals surface area contributed by atoms with Crippen molar-refractivity contribution >= 4 is 35.0 Å². The number of carbonyl (C=O) groups excluding carboxylic acids is 1. The standard InChI is InChI=1S/C22H22N2O4S/c1-4-26-17-7-5-16(6-8-17)24-21(25)18(23(3)22(24)29)12-15-13-20-19(11-14(15)2)27-9-10-28-20/h5-8,11-13H,4,9-10H2,1-3H3/b18-12-. The second-order valence-electron chi connectivity index (χ2n) is 6.79. The Bertz CT molecular complexity index is 1000. The van der Waals surface area contributed by atoms with Crippen molar-refractivity contribution in [1.82, 2.24) is 4.90 Å². The van der Waals surface area contributed by atoms with Gasteiger partial charge in [-0.25, -0.2) is 0 Å². The minimum atomic E-state index is -0.170. The molecule has 7 heteroatoms. The van der Waals surface area contributed by atoms with E-state index in [9.17, 15) is 4.79 Å². The Labute approximate surface area is 175 Å². The third-order valence-electron chi connectivity index (χ3n) is 4.89. The van der Waals surface area contributed by atoms with Crippen LogP contribution in [0.4, 0.5) is 5.69 Å². The summed E-state index contributed by atoms with van der Waals surface area (Å²) in [5.74, 6) is 2.00. The van der Waals surface area contributed by atoms with Crippen LogP contribution in [-0.4, -0.2) is 42.8 Å². The summed E-state index contributed by atoms with van der Waals surface area (Å²) in [4.78, 5) is 16.4. The quantitative estimate of drug-likeness (QED) is 0.565. The molecular weight excluding hydrogens is 388 g/mol. The maximum absolute atomic E-state index is 13.2. The first-order valence-corrected chi connectivity index (χ1v) is 9.87. The van der Waals surface area contributed by atoms with Crippen molar-refractivity contribution in [3.8, 4) is 17.2 Å². The topological polar surface area (TPSA) is 51.2 Å². The van der Waals surface area contributed by atoms with Crippen molar-refractivity contribution in [2.75, 3.05) is 31.8 Å². The van der Waals surface area contributed by atoms with Gasteiger partial charge in [0.15, 0.2) is 16.6 Å². The highest BCUT2D eigenvalue weighted by Crippen LogP contribution is 2.35. The van der Waals surface area contributed by atoms with Crippen LogP contribution in [0.2, 0.25) is 0 Å². The molecule has 2 aliphatic heterocycles. The summed E-state index contributed by atoms with van der Waals surface area (Å²) in [5, 5.41) is 0.431. The molecule has 4 rings (SSSR count). The fraction of sp³-hybridized carbons (Fsp3) is 0.273. The number of carbonyl (C=O) groups is 1. The summed E-state index contributed by atoms with van der Waals surface area (Å²) in [6, 6.07) is 11.2. The molecule has 0 aliphatic carbocycles. The van der Waals surface area contributed by atoms with E-state index in [1.165, 1.54) is 4.90 Å². The molecule has 0 N–H and O–H groups in total. The number of amides is 1. The van der Waals surface area contributed by atoms with Gasteiger partial charge in [-0.15, -0.1) is 0 Å². The summed E-state index contributed by atoms with van der Waals surface area (Å²) in [7, 11) is 1.80. The lowest BCUT2D eigenvalue weighted by atomic mass is 10.1. The van der Waals surface area contributed by atoms with E-state index in [0.29, 0.717) is 42.1 Å². The first-order chi connectivity index (χ1) is 14.0. The average molecular weight is 410 g/mol. The second kappa shape index (κ2) is 7.75. The molecule has 1 fully saturated rings. The van der Waals surface area contributed by atoms with Crippen LogP contribution in [0.25, 0.3) is 6.08 Å². The fourth-order valence-corrected chi connectivity index (χ4v) is 3.64. The van der Waals surface area contributed by atoms with E-state index in [2.05, 4.69) is 0 Å². The first kappa shape index (κ1) is 19.3. The van der Waals surface area contributed by atoms with E-state index >= 15 is 0 Å². The molecule has 2 aromatic carbocycles. The van der Waals surface area contributed by atoms with Gasteiger partial charge in [-0.3, -0.25) is 9.69 Å². The third kappa shape index (κ3) is 3.53. The zero-order valence-electron chi connectivity index (χ0n) is 16.6. The molecule has 6 nitrogen and oxygen atoms in total. The maximum Gasteiger partial charge on any atom is 0.281 e. The van der Waals surface area contributed by atoms with Crippen LogP contribution in [0.15, 0.2) is 42.1 Å². The molecule has 0 saturated carbocycles. The summed E-state index contributed by atoms with van der Waals surface area (Å²) >= 11 is 5.54. The van der Waals surface area contributed by atoms with Crippen LogP contribution in [-0.2, 0) is 4.79 Å². The number of benzene rings is 2. The average Bonchev–Trinajstić information content (AvgIpc) is 2.93. The van der Waals surface area contributed by atoms with Crippen LogP contribution in [0.1, 0.15) is 18.1 Å². The molecule has 1 amide bonds. The van der Waals surface area contributed by atoms with Gasteiger partial charge in [0, 0.05) is 7.05 Å². The zero-order valence-corrected chi connectivity index (χ0v) is 17.4. The van der Waals surface area contributed by atoms with Gasteiger partial charge in [-0.05, 0) is 79.7 Å². The summed E-state index contributed by atoms with van der Waals surface area (Å²) < 4.78 is 16.8. The van der Waals surface area contributed by atoms with Gasteiger partial charge in [-0.2, -0.15) is 0 Å². The smallest absolute Gasteiger partial charge is 0.281 e. The first-order valence-electron chi connectivity index (χ1n) is 9.46. The van der Waals surface area contributed by atoms with Crippen molar-refractivity contribution in [3.05, 3.63) is 53.2 Å². The third-order valence-corrected chi connectivity index (χ3v) is 5.35. The zero-order chi connectivity index (χ0) is 20.5. The number of fused-ring (bicyclic) bond motifs is 1. The normalized spacial score (nSPS) is 17.3. The summed E-state index contributed by atoms with van der Waals surface area (Å²) in [5.41, 5.74) is 3.09. The van der Waals surface area contributed by atoms with Gasteiger partial charge in [-0.1, -0.05) is 0 Å². The number of ether oxygens (including phenoxy) is 3. The molecule has 150 valence electrons. The largest absolute Gasteiger partial charge is 0.494 e. The number of rotatable bonds is 4. The molecule has 0 atom stereocenters. The van der Waals surface area contributed by atoms with E-state index in [-0.39, 0.29) is 5.91 Å². The lowest BCUT2D eigenvalue weighted by Crippen LogP contribution is -2.31. The lowest BCUT2D eigenvalue weighted by molar-refractivity contribution is -0.114. The fourth-order valence-electron chi connectivity index (χ4n) is 3.35. The van der Waals surface area contributed by atoms with Gasteiger partial charge < -0.3 is 19.1 Å². The number of nitrogens with zero attached hydrogens (tertiary/aromatic N) is 2. The molecule has 0 unspecified atom stereocenters. The molecule has 1 saturated heterocycles. The predicted octanol–water partition coefficient (Wildman–Crippen LogP) is 3.77. The number of anilines is 1.